The Balaban J connectivity index is 2.02. The maximum Gasteiger partial charge on any atom is 0.407 e. The molecule has 3 rings (SSSR count). The lowest BCUT2D eigenvalue weighted by atomic mass is 9.88. The number of rotatable bonds is 3. The van der Waals surface area contributed by atoms with E-state index >= 15 is 0 Å². The summed E-state index contributed by atoms with van der Waals surface area (Å²) in [5.74, 6) is 0. The quantitative estimate of drug-likeness (QED) is 0.556. The Bertz CT molecular complexity index is 862. The maximum atomic E-state index is 14.1. The molecular weight excluding hydrogens is 426 g/mol. The fourth-order valence-electron chi connectivity index (χ4n) is 2.89. The summed E-state index contributed by atoms with van der Waals surface area (Å²) in [6.07, 6.45) is -4.74. The summed E-state index contributed by atoms with van der Waals surface area (Å²) >= 11 is 18.8. The van der Waals surface area contributed by atoms with Gasteiger partial charge in [0.2, 0.25) is 0 Å². The standard InChI is InChI=1S/C18H13Cl3F3NS/c19-14-4-13(5-15(20)6-14)17(18(22,23)24)7-12(9-26-17)10-1-2-11(8-25)16(21)3-10/h1-6,9H,7-8,25H2. The van der Waals surface area contributed by atoms with Crippen molar-refractivity contribution in [3.05, 3.63) is 73.6 Å². The number of benzene rings is 2. The van der Waals surface area contributed by atoms with E-state index in [-0.39, 0.29) is 28.6 Å². The molecule has 0 radical (unpaired) electrons. The van der Waals surface area contributed by atoms with Crippen LogP contribution < -0.4 is 5.73 Å². The summed E-state index contributed by atoms with van der Waals surface area (Å²) in [6.45, 7) is 0.264. The van der Waals surface area contributed by atoms with Crippen molar-refractivity contribution < 1.29 is 13.2 Å². The molecule has 0 bridgehead atoms. The number of nitrogens with two attached hydrogens (primary N) is 1. The molecule has 0 amide bonds. The molecule has 0 aromatic heterocycles. The van der Waals surface area contributed by atoms with E-state index in [1.165, 1.54) is 23.6 Å². The Kier molecular flexibility index (Phi) is 5.58. The topological polar surface area (TPSA) is 26.0 Å². The van der Waals surface area contributed by atoms with Gasteiger partial charge >= 0.3 is 6.18 Å². The molecule has 2 aromatic rings. The maximum absolute atomic E-state index is 14.1. The molecule has 26 heavy (non-hydrogen) atoms. The van der Waals surface area contributed by atoms with E-state index in [1.807, 2.05) is 0 Å². The van der Waals surface area contributed by atoms with Crippen LogP contribution >= 0.6 is 46.6 Å². The average molecular weight is 439 g/mol. The van der Waals surface area contributed by atoms with Crippen LogP contribution in [0, 0.1) is 0 Å². The first-order valence-electron chi connectivity index (χ1n) is 7.55. The minimum Gasteiger partial charge on any atom is -0.326 e. The van der Waals surface area contributed by atoms with E-state index in [0.717, 1.165) is 5.56 Å². The zero-order valence-electron chi connectivity index (χ0n) is 13.2. The summed E-state index contributed by atoms with van der Waals surface area (Å²) < 4.78 is 40.1. The van der Waals surface area contributed by atoms with Crippen LogP contribution in [0.15, 0.2) is 41.8 Å². The summed E-state index contributed by atoms with van der Waals surface area (Å²) in [4.78, 5) is 0. The van der Waals surface area contributed by atoms with Gasteiger partial charge in [-0.25, -0.2) is 0 Å². The second-order valence-corrected chi connectivity index (χ2v) is 8.38. The highest BCUT2D eigenvalue weighted by atomic mass is 35.5. The third-order valence-electron chi connectivity index (χ3n) is 4.27. The number of allylic oxidation sites excluding steroid dienone is 1. The molecule has 0 saturated carbocycles. The molecule has 0 saturated heterocycles. The van der Waals surface area contributed by atoms with Gasteiger partial charge in [0.25, 0.3) is 0 Å². The Morgan fingerprint density at radius 1 is 1.04 bits per heavy atom. The van der Waals surface area contributed by atoms with Crippen molar-refractivity contribution in [2.75, 3.05) is 0 Å². The van der Waals surface area contributed by atoms with E-state index in [2.05, 4.69) is 0 Å². The van der Waals surface area contributed by atoms with Crippen molar-refractivity contribution in [1.82, 2.24) is 0 Å². The largest absolute Gasteiger partial charge is 0.407 e. The third kappa shape index (κ3) is 3.60. The van der Waals surface area contributed by atoms with Gasteiger partial charge in [-0.1, -0.05) is 46.9 Å². The Hall–Kier alpha value is -0.850. The first kappa shape index (κ1) is 19.9. The Morgan fingerprint density at radius 2 is 1.69 bits per heavy atom. The third-order valence-corrected chi connectivity index (χ3v) is 6.48. The highest BCUT2D eigenvalue weighted by Gasteiger charge is 2.58. The molecule has 138 valence electrons. The zero-order valence-corrected chi connectivity index (χ0v) is 16.3. The fourth-order valence-corrected chi connectivity index (χ4v) is 4.87. The predicted molar refractivity (Wildman–Crippen MR) is 104 cm³/mol. The van der Waals surface area contributed by atoms with Gasteiger partial charge in [-0.05, 0) is 51.9 Å². The average Bonchev–Trinajstić information content (AvgIpc) is 3.00. The van der Waals surface area contributed by atoms with Crippen LogP contribution in [0.25, 0.3) is 5.57 Å². The van der Waals surface area contributed by atoms with Crippen LogP contribution in [0.4, 0.5) is 13.2 Å². The van der Waals surface area contributed by atoms with Crippen LogP contribution in [-0.2, 0) is 11.3 Å². The fraction of sp³-hybridized carbons (Fsp3) is 0.222. The minimum absolute atomic E-state index is 0.0309. The normalized spacial score (nSPS) is 20.3. The van der Waals surface area contributed by atoms with Crippen molar-refractivity contribution >= 4 is 52.1 Å². The molecular formula is C18H13Cl3F3NS. The molecule has 1 heterocycles. The monoisotopic (exact) mass is 437 g/mol. The van der Waals surface area contributed by atoms with Crippen LogP contribution in [-0.4, -0.2) is 6.18 Å². The van der Waals surface area contributed by atoms with Crippen molar-refractivity contribution in [1.29, 1.82) is 0 Å². The molecule has 0 spiro atoms. The predicted octanol–water partition coefficient (Wildman–Crippen LogP) is 7.04. The molecule has 0 aliphatic carbocycles. The first-order valence-corrected chi connectivity index (χ1v) is 9.56. The van der Waals surface area contributed by atoms with Gasteiger partial charge in [-0.15, -0.1) is 11.8 Å². The lowest BCUT2D eigenvalue weighted by Crippen LogP contribution is -2.37. The smallest absolute Gasteiger partial charge is 0.326 e. The molecule has 1 unspecified atom stereocenters. The van der Waals surface area contributed by atoms with Gasteiger partial charge in [0.1, 0.15) is 4.75 Å². The van der Waals surface area contributed by atoms with Gasteiger partial charge < -0.3 is 5.73 Å². The van der Waals surface area contributed by atoms with Gasteiger partial charge in [0.15, 0.2) is 0 Å². The lowest BCUT2D eigenvalue weighted by Gasteiger charge is -2.32. The van der Waals surface area contributed by atoms with Gasteiger partial charge in [0.05, 0.1) is 0 Å². The van der Waals surface area contributed by atoms with E-state index in [1.54, 1.807) is 18.2 Å². The Morgan fingerprint density at radius 3 is 2.23 bits per heavy atom. The number of halogens is 6. The van der Waals surface area contributed by atoms with Crippen LogP contribution in [0.1, 0.15) is 23.1 Å². The molecule has 0 fully saturated rings. The lowest BCUT2D eigenvalue weighted by molar-refractivity contribution is -0.160. The van der Waals surface area contributed by atoms with Gasteiger partial charge in [-0.3, -0.25) is 0 Å². The number of alkyl halides is 3. The highest BCUT2D eigenvalue weighted by Crippen LogP contribution is 2.60. The molecule has 1 aliphatic heterocycles. The molecule has 8 heteroatoms. The Labute approximate surface area is 168 Å². The second kappa shape index (κ2) is 7.28. The summed E-state index contributed by atoms with van der Waals surface area (Å²) in [7, 11) is 0. The van der Waals surface area contributed by atoms with Crippen molar-refractivity contribution in [2.45, 2.75) is 23.9 Å². The molecule has 1 atom stereocenters. The second-order valence-electron chi connectivity index (χ2n) is 5.93. The summed E-state index contributed by atoms with van der Waals surface area (Å²) in [5.41, 5.74) is 7.54. The number of hydrogen-bond donors (Lipinski definition) is 1. The SMILES string of the molecule is NCc1ccc(C2=CSC(c3cc(Cl)cc(Cl)c3)(C(F)(F)F)C2)cc1Cl. The van der Waals surface area contributed by atoms with E-state index in [0.29, 0.717) is 27.9 Å². The zero-order chi connectivity index (χ0) is 19.1. The minimum atomic E-state index is -4.50. The molecule has 1 aliphatic rings. The van der Waals surface area contributed by atoms with Gasteiger partial charge in [-0.2, -0.15) is 13.2 Å². The number of thioether (sulfide) groups is 1. The highest BCUT2D eigenvalue weighted by molar-refractivity contribution is 8.03. The van der Waals surface area contributed by atoms with Crippen molar-refractivity contribution in [3.63, 3.8) is 0 Å². The van der Waals surface area contributed by atoms with Crippen molar-refractivity contribution in [3.8, 4) is 0 Å². The van der Waals surface area contributed by atoms with Crippen molar-refractivity contribution in [2.24, 2.45) is 5.73 Å². The van der Waals surface area contributed by atoms with Gasteiger partial charge in [0, 0.05) is 28.0 Å². The van der Waals surface area contributed by atoms with Crippen LogP contribution in [0.3, 0.4) is 0 Å². The molecule has 1 nitrogen and oxygen atoms in total. The van der Waals surface area contributed by atoms with E-state index in [4.69, 9.17) is 40.5 Å². The van der Waals surface area contributed by atoms with E-state index < -0.39 is 10.9 Å². The summed E-state index contributed by atoms with van der Waals surface area (Å²) in [6, 6.07) is 9.15. The van der Waals surface area contributed by atoms with E-state index in [9.17, 15) is 13.2 Å². The molecule has 2 aromatic carbocycles. The number of hydrogen-bond acceptors (Lipinski definition) is 2. The summed E-state index contributed by atoms with van der Waals surface area (Å²) in [5, 5.41) is 2.29. The van der Waals surface area contributed by atoms with Crippen LogP contribution in [0.2, 0.25) is 15.1 Å². The molecule has 2 N–H and O–H groups in total. The van der Waals surface area contributed by atoms with Crippen LogP contribution in [0.5, 0.6) is 0 Å². The first-order chi connectivity index (χ1) is 12.2.